The Hall–Kier alpha value is -1.31. The highest BCUT2D eigenvalue weighted by Crippen LogP contribution is 2.75. The highest BCUT2D eigenvalue weighted by molar-refractivity contribution is 5.98. The lowest BCUT2D eigenvalue weighted by Crippen LogP contribution is -2.77. The van der Waals surface area contributed by atoms with Crippen molar-refractivity contribution in [2.45, 2.75) is 70.4 Å². The average Bonchev–Trinajstić information content (AvgIpc) is 3.43. The van der Waals surface area contributed by atoms with E-state index < -0.39 is 45.9 Å². The molecule has 7 aliphatic rings. The van der Waals surface area contributed by atoms with Crippen molar-refractivity contribution in [3.63, 3.8) is 0 Å². The second kappa shape index (κ2) is 5.11. The molecule has 3 heterocycles. The Balaban J connectivity index is 1.58. The van der Waals surface area contributed by atoms with E-state index in [1.165, 1.54) is 6.92 Å². The smallest absolute Gasteiger partial charge is 0.303 e. The topological polar surface area (TPSA) is 102 Å². The van der Waals surface area contributed by atoms with E-state index in [4.69, 9.17) is 14.2 Å². The third kappa shape index (κ3) is 1.78. The number of hydrogen-bond acceptors (Lipinski definition) is 7. The number of esters is 1. The van der Waals surface area contributed by atoms with Gasteiger partial charge < -0.3 is 19.3 Å². The van der Waals surface area contributed by atoms with Gasteiger partial charge in [0, 0.05) is 19.3 Å². The predicted octanol–water partition coefficient (Wildman–Crippen LogP) is 1.05. The van der Waals surface area contributed by atoms with Crippen LogP contribution in [0, 0.1) is 34.0 Å². The van der Waals surface area contributed by atoms with Gasteiger partial charge in [0.25, 0.3) is 0 Å². The highest BCUT2D eigenvalue weighted by Gasteiger charge is 2.84. The summed E-state index contributed by atoms with van der Waals surface area (Å²) < 4.78 is 17.8. The Kier molecular flexibility index (Phi) is 3.25. The van der Waals surface area contributed by atoms with Crippen molar-refractivity contribution in [1.29, 1.82) is 0 Å². The van der Waals surface area contributed by atoms with E-state index in [-0.39, 0.29) is 36.1 Å². The van der Waals surface area contributed by atoms with Crippen molar-refractivity contribution in [3.05, 3.63) is 0 Å². The minimum absolute atomic E-state index is 0.103. The maximum Gasteiger partial charge on any atom is 0.303 e. The van der Waals surface area contributed by atoms with Gasteiger partial charge in [-0.15, -0.1) is 0 Å². The first-order valence-corrected chi connectivity index (χ1v) is 10.8. The fourth-order valence-corrected chi connectivity index (χ4v) is 8.56. The average molecular weight is 404 g/mol. The number of epoxide rings is 1. The Bertz CT molecular complexity index is 844. The first-order valence-electron chi connectivity index (χ1n) is 10.8. The second-order valence-electron chi connectivity index (χ2n) is 10.9. The van der Waals surface area contributed by atoms with Gasteiger partial charge in [0.05, 0.1) is 30.1 Å². The van der Waals surface area contributed by atoms with Gasteiger partial charge in [-0.25, -0.2) is 0 Å². The number of rotatable bonds is 1. The van der Waals surface area contributed by atoms with Gasteiger partial charge in [0.1, 0.15) is 23.6 Å². The van der Waals surface area contributed by atoms with E-state index in [9.17, 15) is 19.5 Å². The van der Waals surface area contributed by atoms with Crippen LogP contribution >= 0.6 is 0 Å². The van der Waals surface area contributed by atoms with Gasteiger partial charge in [-0.3, -0.25) is 14.4 Å². The summed E-state index contributed by atoms with van der Waals surface area (Å²) in [6.45, 7) is 6.06. The zero-order valence-electron chi connectivity index (χ0n) is 17.1. The monoisotopic (exact) mass is 404 g/mol. The lowest BCUT2D eigenvalue weighted by molar-refractivity contribution is -0.276. The summed E-state index contributed by atoms with van der Waals surface area (Å²) in [5, 5.41) is 11.4. The standard InChI is InChI=1S/C22H28O7/c1-10(23)29-18-20-7-11(22(18)9-28-22)4-5-12(20)21-8-27-14(6-13(21)24)19(2,3)16(21)15(25)17(20)26/h11-12,14-16,18,25H,4-9H2,1-3H3/t11-,12-,14-,15+,16-,18+,20-,21-,22+/m1/s1. The summed E-state index contributed by atoms with van der Waals surface area (Å²) in [5.74, 6) is -1.27. The van der Waals surface area contributed by atoms with Crippen molar-refractivity contribution < 1.29 is 33.7 Å². The van der Waals surface area contributed by atoms with Crippen molar-refractivity contribution in [2.24, 2.45) is 34.0 Å². The number of carbonyl (C=O) groups is 3. The van der Waals surface area contributed by atoms with Crippen LogP contribution in [0.2, 0.25) is 0 Å². The van der Waals surface area contributed by atoms with Crippen LogP contribution in [0.4, 0.5) is 0 Å². The molecule has 0 aromatic rings. The van der Waals surface area contributed by atoms with Gasteiger partial charge in [-0.05, 0) is 36.5 Å². The second-order valence-corrected chi connectivity index (χ2v) is 10.9. The molecule has 0 aromatic carbocycles. The van der Waals surface area contributed by atoms with E-state index in [2.05, 4.69) is 0 Å². The Morgan fingerprint density at radius 3 is 2.52 bits per heavy atom. The van der Waals surface area contributed by atoms with Crippen molar-refractivity contribution in [1.82, 2.24) is 0 Å². The lowest BCUT2D eigenvalue weighted by atomic mass is 9.37. The normalized spacial score (nSPS) is 56.1. The molecular formula is C22H28O7. The molecule has 158 valence electrons. The fraction of sp³-hybridized carbons (Fsp3) is 0.864. The summed E-state index contributed by atoms with van der Waals surface area (Å²) in [6, 6.07) is 0. The number of fused-ring (bicyclic) bond motifs is 4. The molecule has 4 saturated carbocycles. The van der Waals surface area contributed by atoms with E-state index >= 15 is 0 Å². The summed E-state index contributed by atoms with van der Waals surface area (Å²) >= 11 is 0. The Morgan fingerprint density at radius 2 is 1.90 bits per heavy atom. The van der Waals surface area contributed by atoms with Gasteiger partial charge in [0.2, 0.25) is 0 Å². The molecule has 0 aromatic heterocycles. The first-order chi connectivity index (χ1) is 13.6. The summed E-state index contributed by atoms with van der Waals surface area (Å²) in [5.41, 5.74) is -3.09. The number of ketones is 2. The van der Waals surface area contributed by atoms with Crippen LogP contribution in [0.25, 0.3) is 0 Å². The van der Waals surface area contributed by atoms with Crippen molar-refractivity contribution >= 4 is 17.5 Å². The highest BCUT2D eigenvalue weighted by atomic mass is 16.6. The van der Waals surface area contributed by atoms with Gasteiger partial charge >= 0.3 is 5.97 Å². The molecule has 7 heteroatoms. The molecule has 4 bridgehead atoms. The molecule has 1 N–H and O–H groups in total. The molecule has 9 atom stereocenters. The minimum Gasteiger partial charge on any atom is -0.458 e. The fourth-order valence-electron chi connectivity index (χ4n) is 8.56. The van der Waals surface area contributed by atoms with Crippen molar-refractivity contribution in [3.8, 4) is 0 Å². The molecule has 3 spiro atoms. The molecule has 0 radical (unpaired) electrons. The van der Waals surface area contributed by atoms with Gasteiger partial charge in [-0.2, -0.15) is 0 Å². The summed E-state index contributed by atoms with van der Waals surface area (Å²) in [4.78, 5) is 39.5. The Morgan fingerprint density at radius 1 is 1.17 bits per heavy atom. The third-order valence-electron chi connectivity index (χ3n) is 9.64. The maximum atomic E-state index is 13.9. The summed E-state index contributed by atoms with van der Waals surface area (Å²) in [7, 11) is 0. The van der Waals surface area contributed by atoms with E-state index in [0.717, 1.165) is 6.42 Å². The van der Waals surface area contributed by atoms with E-state index in [1.807, 2.05) is 13.8 Å². The van der Waals surface area contributed by atoms with Crippen LogP contribution in [0.3, 0.4) is 0 Å². The summed E-state index contributed by atoms with van der Waals surface area (Å²) in [6.07, 6.45) is 0.0795. The van der Waals surface area contributed by atoms with E-state index in [1.54, 1.807) is 0 Å². The Labute approximate surface area is 169 Å². The van der Waals surface area contributed by atoms with Crippen LogP contribution < -0.4 is 0 Å². The zero-order valence-corrected chi connectivity index (χ0v) is 17.1. The van der Waals surface area contributed by atoms with Crippen LogP contribution in [-0.4, -0.2) is 59.8 Å². The molecule has 0 unspecified atom stereocenters. The number of aliphatic hydroxyl groups excluding tert-OH is 1. The molecule has 4 aliphatic carbocycles. The number of aliphatic hydroxyl groups is 1. The quantitative estimate of drug-likeness (QED) is 0.515. The largest absolute Gasteiger partial charge is 0.458 e. The van der Waals surface area contributed by atoms with Crippen LogP contribution in [0.5, 0.6) is 0 Å². The molecule has 7 rings (SSSR count). The third-order valence-corrected chi connectivity index (χ3v) is 9.64. The number of hydrogen-bond donors (Lipinski definition) is 1. The number of carbonyl (C=O) groups excluding carboxylic acids is 3. The minimum atomic E-state index is -1.26. The van der Waals surface area contributed by atoms with Crippen LogP contribution in [0.15, 0.2) is 0 Å². The first kappa shape index (κ1) is 18.5. The van der Waals surface area contributed by atoms with Gasteiger partial charge in [0.15, 0.2) is 5.78 Å². The molecule has 7 fully saturated rings. The molecular weight excluding hydrogens is 376 g/mol. The molecule has 3 aliphatic heterocycles. The molecule has 3 saturated heterocycles. The van der Waals surface area contributed by atoms with Crippen LogP contribution in [0.1, 0.15) is 46.5 Å². The molecule has 7 nitrogen and oxygen atoms in total. The lowest BCUT2D eigenvalue weighted by Gasteiger charge is -2.68. The number of ether oxygens (including phenoxy) is 3. The zero-order chi connectivity index (χ0) is 20.6. The SMILES string of the molecule is CC(=O)O[C@@H]1[C@]2(CO2)[C@@H]2CC[C@H]3[C@]45CO[C@H](CC4=O)C(C)(C)[C@H]5[C@H](O)C(=O)[C@@]31C2. The van der Waals surface area contributed by atoms with Crippen LogP contribution in [-0.2, 0) is 28.6 Å². The van der Waals surface area contributed by atoms with E-state index in [0.29, 0.717) is 25.9 Å². The predicted molar refractivity (Wildman–Crippen MR) is 97.6 cm³/mol. The molecule has 0 amide bonds. The molecule has 29 heavy (non-hydrogen) atoms. The number of Topliss-reactive ketones (excluding diaryl/α,β-unsaturated/α-hetero) is 2. The van der Waals surface area contributed by atoms with Gasteiger partial charge in [-0.1, -0.05) is 13.8 Å². The van der Waals surface area contributed by atoms with Crippen molar-refractivity contribution in [2.75, 3.05) is 13.2 Å². The maximum absolute atomic E-state index is 13.9.